The van der Waals surface area contributed by atoms with Crippen LogP contribution in [0.25, 0.3) is 5.83 Å². The molecule has 202 valence electrons. The molecule has 0 aromatic heterocycles. The Morgan fingerprint density at radius 3 is 2.11 bits per heavy atom. The van der Waals surface area contributed by atoms with Crippen molar-refractivity contribution in [2.75, 3.05) is 6.54 Å². The lowest BCUT2D eigenvalue weighted by atomic mass is 9.91. The Kier molecular flexibility index (Phi) is 10.5. The number of hydrogen-bond acceptors (Lipinski definition) is 2. The zero-order valence-corrected chi connectivity index (χ0v) is 23.0. The standard InChI is InChI=1S/C24H19BrCl3F6NO2/c1-11(22(37)35-10-24(32,33)34)5-20(36)14-4-3-12(6-16(14)25)19(29)9-15(23(2,30)31)13-7-17(26)21(28)18(27)8-13/h3-4,6-9,11,15H,5,10H2,1-2H3,(H,35,37)/b19-9-/t11-,15?/m0/s1. The molecule has 0 fully saturated rings. The summed E-state index contributed by atoms with van der Waals surface area (Å²) in [5.74, 6) is -8.84. The van der Waals surface area contributed by atoms with Crippen LogP contribution in [0.3, 0.4) is 0 Å². The van der Waals surface area contributed by atoms with Crippen molar-refractivity contribution in [1.82, 2.24) is 5.32 Å². The number of benzene rings is 2. The molecule has 2 aromatic rings. The van der Waals surface area contributed by atoms with Crippen LogP contribution in [0.4, 0.5) is 26.3 Å². The molecule has 0 spiro atoms. The summed E-state index contributed by atoms with van der Waals surface area (Å²) in [6.07, 6.45) is -4.32. The molecule has 1 amide bonds. The first kappa shape index (κ1) is 31.5. The van der Waals surface area contributed by atoms with Crippen molar-refractivity contribution in [3.8, 4) is 0 Å². The van der Waals surface area contributed by atoms with Gasteiger partial charge in [-0.25, -0.2) is 13.2 Å². The minimum absolute atomic E-state index is 0.0284. The van der Waals surface area contributed by atoms with Crippen LogP contribution < -0.4 is 5.32 Å². The molecule has 0 heterocycles. The summed E-state index contributed by atoms with van der Waals surface area (Å²) in [7, 11) is 0. The highest BCUT2D eigenvalue weighted by Gasteiger charge is 2.35. The van der Waals surface area contributed by atoms with E-state index in [9.17, 15) is 31.5 Å². The van der Waals surface area contributed by atoms with E-state index in [1.807, 2.05) is 0 Å². The van der Waals surface area contributed by atoms with Crippen LogP contribution in [-0.2, 0) is 4.79 Å². The first-order valence-corrected chi connectivity index (χ1v) is 12.4. The molecule has 0 aliphatic rings. The summed E-state index contributed by atoms with van der Waals surface area (Å²) in [5.41, 5.74) is -0.189. The first-order chi connectivity index (χ1) is 16.9. The number of amides is 1. The Balaban J connectivity index is 2.27. The number of allylic oxidation sites excluding steroid dienone is 1. The van der Waals surface area contributed by atoms with Crippen molar-refractivity contribution in [2.45, 2.75) is 38.3 Å². The van der Waals surface area contributed by atoms with E-state index in [0.29, 0.717) is 13.0 Å². The van der Waals surface area contributed by atoms with E-state index in [0.717, 1.165) is 12.1 Å². The predicted octanol–water partition coefficient (Wildman–Crippen LogP) is 9.05. The fourth-order valence-electron chi connectivity index (χ4n) is 3.26. The van der Waals surface area contributed by atoms with Crippen molar-refractivity contribution in [1.29, 1.82) is 0 Å². The molecule has 0 aliphatic carbocycles. The second-order valence-electron chi connectivity index (χ2n) is 8.30. The van der Waals surface area contributed by atoms with Crippen LogP contribution in [0.1, 0.15) is 47.7 Å². The number of carbonyl (C=O) groups excluding carboxylic acids is 2. The Labute approximate surface area is 232 Å². The number of Topliss-reactive ketones (excluding diaryl/α,β-unsaturated/α-hetero) is 1. The fraction of sp³-hybridized carbons (Fsp3) is 0.333. The monoisotopic (exact) mass is 651 g/mol. The SMILES string of the molecule is C[C@@H](CC(=O)c1ccc(/C(F)=C/C(c2cc(Cl)c(Cl)c(Cl)c2)C(C)(F)F)cc1Br)C(=O)NCC(F)(F)F. The molecule has 0 aliphatic heterocycles. The van der Waals surface area contributed by atoms with Crippen molar-refractivity contribution in [3.05, 3.63) is 72.6 Å². The lowest BCUT2D eigenvalue weighted by Gasteiger charge is -2.22. The number of alkyl halides is 5. The van der Waals surface area contributed by atoms with Gasteiger partial charge in [-0.1, -0.05) is 63.7 Å². The molecule has 1 unspecified atom stereocenters. The van der Waals surface area contributed by atoms with Crippen LogP contribution >= 0.6 is 50.7 Å². The Bertz CT molecular complexity index is 1190. The van der Waals surface area contributed by atoms with Gasteiger partial charge in [0.2, 0.25) is 5.91 Å². The maximum Gasteiger partial charge on any atom is 0.405 e. The number of hydrogen-bond donors (Lipinski definition) is 1. The van der Waals surface area contributed by atoms with Gasteiger partial charge in [0, 0.05) is 34.9 Å². The minimum atomic E-state index is -4.59. The topological polar surface area (TPSA) is 46.2 Å². The Hall–Kier alpha value is -1.75. The van der Waals surface area contributed by atoms with Gasteiger partial charge in [0.1, 0.15) is 12.4 Å². The maximum absolute atomic E-state index is 15.1. The molecular weight excluding hydrogens is 635 g/mol. The number of rotatable bonds is 9. The van der Waals surface area contributed by atoms with Gasteiger partial charge in [0.25, 0.3) is 5.92 Å². The summed E-state index contributed by atoms with van der Waals surface area (Å²) in [4.78, 5) is 24.4. The highest BCUT2D eigenvalue weighted by molar-refractivity contribution is 9.10. The van der Waals surface area contributed by atoms with Gasteiger partial charge in [-0.05, 0) is 35.9 Å². The molecule has 13 heteroatoms. The van der Waals surface area contributed by atoms with Crippen LogP contribution in [0, 0.1) is 5.92 Å². The number of halogens is 10. The molecule has 3 nitrogen and oxygen atoms in total. The lowest BCUT2D eigenvalue weighted by Crippen LogP contribution is -2.37. The van der Waals surface area contributed by atoms with E-state index in [2.05, 4.69) is 15.9 Å². The van der Waals surface area contributed by atoms with Crippen molar-refractivity contribution < 1.29 is 35.9 Å². The third-order valence-electron chi connectivity index (χ3n) is 5.17. The average Bonchev–Trinajstić information content (AvgIpc) is 2.77. The van der Waals surface area contributed by atoms with Gasteiger partial charge in [0.15, 0.2) is 5.78 Å². The zero-order chi connectivity index (χ0) is 28.3. The molecule has 0 radical (unpaired) electrons. The maximum atomic E-state index is 15.1. The quantitative estimate of drug-likeness (QED) is 0.167. The van der Waals surface area contributed by atoms with E-state index in [-0.39, 0.29) is 36.2 Å². The van der Waals surface area contributed by atoms with E-state index < -0.39 is 54.4 Å². The molecule has 2 rings (SSSR count). The predicted molar refractivity (Wildman–Crippen MR) is 135 cm³/mol. The Morgan fingerprint density at radius 1 is 1.05 bits per heavy atom. The van der Waals surface area contributed by atoms with Gasteiger partial charge in [-0.15, -0.1) is 0 Å². The summed E-state index contributed by atoms with van der Waals surface area (Å²) in [6, 6.07) is 5.88. The van der Waals surface area contributed by atoms with Gasteiger partial charge in [0.05, 0.1) is 21.0 Å². The third-order valence-corrected chi connectivity index (χ3v) is 7.02. The second kappa shape index (κ2) is 12.4. The summed E-state index contributed by atoms with van der Waals surface area (Å²) >= 11 is 20.9. The number of nitrogens with one attached hydrogen (secondary N) is 1. The second-order valence-corrected chi connectivity index (χ2v) is 10.3. The fourth-order valence-corrected chi connectivity index (χ4v) is 4.48. The zero-order valence-electron chi connectivity index (χ0n) is 19.1. The van der Waals surface area contributed by atoms with Crippen LogP contribution in [0.5, 0.6) is 0 Å². The van der Waals surface area contributed by atoms with Gasteiger partial charge < -0.3 is 5.32 Å². The molecule has 2 atom stereocenters. The van der Waals surface area contributed by atoms with E-state index in [4.69, 9.17) is 34.8 Å². The summed E-state index contributed by atoms with van der Waals surface area (Å²) in [5, 5.41) is 1.50. The largest absolute Gasteiger partial charge is 0.405 e. The third kappa shape index (κ3) is 8.90. The molecule has 37 heavy (non-hydrogen) atoms. The molecule has 0 bridgehead atoms. The Morgan fingerprint density at radius 2 is 1.62 bits per heavy atom. The highest BCUT2D eigenvalue weighted by Crippen LogP contribution is 2.41. The van der Waals surface area contributed by atoms with Crippen molar-refractivity contribution >= 4 is 68.3 Å². The minimum Gasteiger partial charge on any atom is -0.347 e. The van der Waals surface area contributed by atoms with Crippen molar-refractivity contribution in [2.24, 2.45) is 5.92 Å². The van der Waals surface area contributed by atoms with E-state index in [1.165, 1.54) is 25.1 Å². The first-order valence-electron chi connectivity index (χ1n) is 10.5. The lowest BCUT2D eigenvalue weighted by molar-refractivity contribution is -0.140. The van der Waals surface area contributed by atoms with Crippen LogP contribution in [0.2, 0.25) is 15.1 Å². The molecule has 0 saturated heterocycles. The molecular formula is C24H19BrCl3F6NO2. The normalized spacial score (nSPS) is 14.3. The average molecular weight is 654 g/mol. The molecule has 2 aromatic carbocycles. The van der Waals surface area contributed by atoms with Crippen LogP contribution in [0.15, 0.2) is 40.9 Å². The highest BCUT2D eigenvalue weighted by atomic mass is 79.9. The van der Waals surface area contributed by atoms with Crippen LogP contribution in [-0.4, -0.2) is 30.3 Å². The number of carbonyl (C=O) groups is 2. The van der Waals surface area contributed by atoms with E-state index in [1.54, 1.807) is 5.32 Å². The van der Waals surface area contributed by atoms with Crippen molar-refractivity contribution in [3.63, 3.8) is 0 Å². The molecule has 0 saturated carbocycles. The summed E-state index contributed by atoms with van der Waals surface area (Å²) < 4.78 is 80.8. The van der Waals surface area contributed by atoms with E-state index >= 15 is 4.39 Å². The van der Waals surface area contributed by atoms with Gasteiger partial charge in [-0.2, -0.15) is 13.2 Å². The van der Waals surface area contributed by atoms with Gasteiger partial charge in [-0.3, -0.25) is 9.59 Å². The summed E-state index contributed by atoms with van der Waals surface area (Å²) in [6.45, 7) is 0.358. The number of ketones is 1. The van der Waals surface area contributed by atoms with Gasteiger partial charge >= 0.3 is 6.18 Å². The smallest absolute Gasteiger partial charge is 0.347 e. The molecule has 1 N–H and O–H groups in total.